The number of hydrogen-bond acceptors (Lipinski definition) is 0. The second kappa shape index (κ2) is 4.64. The SMILES string of the molecule is C=C(C)C1CCC(C(F)(F)F)=CC1C(C)C. The lowest BCUT2D eigenvalue weighted by atomic mass is 9.72. The van der Waals surface area contributed by atoms with Crippen molar-refractivity contribution in [3.63, 3.8) is 0 Å². The zero-order chi connectivity index (χ0) is 12.5. The molecule has 0 aliphatic heterocycles. The first-order valence-electron chi connectivity index (χ1n) is 5.66. The Labute approximate surface area is 95.2 Å². The van der Waals surface area contributed by atoms with Gasteiger partial charge in [-0.05, 0) is 37.5 Å². The van der Waals surface area contributed by atoms with Gasteiger partial charge in [-0.15, -0.1) is 0 Å². The summed E-state index contributed by atoms with van der Waals surface area (Å²) in [5.41, 5.74) is 0.639. The van der Waals surface area contributed by atoms with Gasteiger partial charge in [-0.2, -0.15) is 13.2 Å². The van der Waals surface area contributed by atoms with E-state index >= 15 is 0 Å². The summed E-state index contributed by atoms with van der Waals surface area (Å²) in [6.45, 7) is 9.73. The molecule has 0 aromatic heterocycles. The van der Waals surface area contributed by atoms with Crippen LogP contribution in [0.5, 0.6) is 0 Å². The van der Waals surface area contributed by atoms with Crippen LogP contribution < -0.4 is 0 Å². The van der Waals surface area contributed by atoms with Gasteiger partial charge in [0.05, 0.1) is 0 Å². The maximum Gasteiger partial charge on any atom is 0.412 e. The summed E-state index contributed by atoms with van der Waals surface area (Å²) >= 11 is 0. The predicted octanol–water partition coefficient (Wildman–Crippen LogP) is 4.73. The van der Waals surface area contributed by atoms with Gasteiger partial charge >= 0.3 is 6.18 Å². The maximum atomic E-state index is 12.6. The van der Waals surface area contributed by atoms with Gasteiger partial charge in [0, 0.05) is 5.57 Å². The van der Waals surface area contributed by atoms with Gasteiger partial charge in [0.1, 0.15) is 0 Å². The summed E-state index contributed by atoms with van der Waals surface area (Å²) < 4.78 is 37.8. The Morgan fingerprint density at radius 3 is 2.38 bits per heavy atom. The van der Waals surface area contributed by atoms with Crippen LogP contribution in [0.4, 0.5) is 13.2 Å². The van der Waals surface area contributed by atoms with E-state index in [0.717, 1.165) is 5.57 Å². The summed E-state index contributed by atoms with van der Waals surface area (Å²) in [7, 11) is 0. The Balaban J connectivity index is 2.97. The number of rotatable bonds is 2. The highest BCUT2D eigenvalue weighted by molar-refractivity contribution is 5.19. The Morgan fingerprint density at radius 2 is 2.00 bits per heavy atom. The second-order valence-electron chi connectivity index (χ2n) is 5.00. The molecule has 0 aromatic carbocycles. The molecule has 1 aliphatic rings. The molecule has 0 bridgehead atoms. The van der Waals surface area contributed by atoms with E-state index in [9.17, 15) is 13.2 Å². The summed E-state index contributed by atoms with van der Waals surface area (Å²) in [5, 5.41) is 0. The second-order valence-corrected chi connectivity index (χ2v) is 5.00. The van der Waals surface area contributed by atoms with Crippen LogP contribution in [0.1, 0.15) is 33.6 Å². The van der Waals surface area contributed by atoms with Crippen LogP contribution in [0, 0.1) is 17.8 Å². The lowest BCUT2D eigenvalue weighted by Crippen LogP contribution is -2.27. The molecule has 2 unspecified atom stereocenters. The van der Waals surface area contributed by atoms with Crippen LogP contribution in [-0.2, 0) is 0 Å². The highest BCUT2D eigenvalue weighted by Crippen LogP contribution is 2.42. The maximum absolute atomic E-state index is 12.6. The first-order valence-corrected chi connectivity index (χ1v) is 5.66. The number of allylic oxidation sites excluding steroid dienone is 3. The van der Waals surface area contributed by atoms with Gasteiger partial charge in [-0.25, -0.2) is 0 Å². The van der Waals surface area contributed by atoms with E-state index in [0.29, 0.717) is 6.42 Å². The molecule has 3 heteroatoms. The first-order chi connectivity index (χ1) is 7.23. The fourth-order valence-corrected chi connectivity index (χ4v) is 2.40. The fourth-order valence-electron chi connectivity index (χ4n) is 2.40. The van der Waals surface area contributed by atoms with E-state index in [1.54, 1.807) is 0 Å². The topological polar surface area (TPSA) is 0 Å². The van der Waals surface area contributed by atoms with E-state index in [1.165, 1.54) is 6.08 Å². The van der Waals surface area contributed by atoms with Gasteiger partial charge in [0.15, 0.2) is 0 Å². The molecule has 0 N–H and O–H groups in total. The molecule has 0 spiro atoms. The Hall–Kier alpha value is -0.730. The van der Waals surface area contributed by atoms with E-state index in [-0.39, 0.29) is 29.7 Å². The molecule has 0 radical (unpaired) electrons. The van der Waals surface area contributed by atoms with Crippen molar-refractivity contribution in [1.29, 1.82) is 0 Å². The first kappa shape index (κ1) is 13.3. The third-order valence-electron chi connectivity index (χ3n) is 3.35. The molecule has 0 amide bonds. The molecule has 16 heavy (non-hydrogen) atoms. The third kappa shape index (κ3) is 2.89. The zero-order valence-electron chi connectivity index (χ0n) is 10.1. The highest BCUT2D eigenvalue weighted by Gasteiger charge is 2.38. The molecule has 0 aromatic rings. The Kier molecular flexibility index (Phi) is 3.87. The van der Waals surface area contributed by atoms with Crippen molar-refractivity contribution in [3.05, 3.63) is 23.8 Å². The molecule has 0 nitrogen and oxygen atoms in total. The Bertz CT molecular complexity index is 297. The van der Waals surface area contributed by atoms with E-state index in [2.05, 4.69) is 6.58 Å². The molecule has 0 fully saturated rings. The minimum absolute atomic E-state index is 0.0251. The van der Waals surface area contributed by atoms with Crippen molar-refractivity contribution < 1.29 is 13.2 Å². The molecule has 1 rings (SSSR count). The van der Waals surface area contributed by atoms with Gasteiger partial charge in [-0.3, -0.25) is 0 Å². The number of hydrogen-bond donors (Lipinski definition) is 0. The van der Waals surface area contributed by atoms with Crippen molar-refractivity contribution in [3.8, 4) is 0 Å². The van der Waals surface area contributed by atoms with Crippen LogP contribution in [0.2, 0.25) is 0 Å². The minimum atomic E-state index is -4.16. The smallest absolute Gasteiger partial charge is 0.166 e. The average molecular weight is 232 g/mol. The zero-order valence-corrected chi connectivity index (χ0v) is 10.1. The van der Waals surface area contributed by atoms with Crippen molar-refractivity contribution >= 4 is 0 Å². The third-order valence-corrected chi connectivity index (χ3v) is 3.35. The molecule has 0 heterocycles. The standard InChI is InChI=1S/C13H19F3/c1-8(2)11-6-5-10(13(14,15)16)7-12(11)9(3)4/h7,9,11-12H,1,5-6H2,2-4H3. The van der Waals surface area contributed by atoms with Crippen LogP contribution in [0.15, 0.2) is 23.8 Å². The number of alkyl halides is 3. The Morgan fingerprint density at radius 1 is 1.44 bits per heavy atom. The van der Waals surface area contributed by atoms with E-state index in [1.807, 2.05) is 20.8 Å². The molecule has 92 valence electrons. The number of halogens is 3. The van der Waals surface area contributed by atoms with Crippen LogP contribution in [-0.4, -0.2) is 6.18 Å². The van der Waals surface area contributed by atoms with Crippen LogP contribution in [0.3, 0.4) is 0 Å². The molecular weight excluding hydrogens is 213 g/mol. The normalized spacial score (nSPS) is 26.8. The molecule has 2 atom stereocenters. The lowest BCUT2D eigenvalue weighted by Gasteiger charge is -2.34. The monoisotopic (exact) mass is 232 g/mol. The van der Waals surface area contributed by atoms with E-state index < -0.39 is 6.18 Å². The van der Waals surface area contributed by atoms with Crippen LogP contribution in [0.25, 0.3) is 0 Å². The lowest BCUT2D eigenvalue weighted by molar-refractivity contribution is -0.0964. The van der Waals surface area contributed by atoms with Gasteiger partial charge in [-0.1, -0.05) is 32.1 Å². The summed E-state index contributed by atoms with van der Waals surface area (Å²) in [4.78, 5) is 0. The highest BCUT2D eigenvalue weighted by atomic mass is 19.4. The molecule has 1 aliphatic carbocycles. The summed E-state index contributed by atoms with van der Waals surface area (Å²) in [6.07, 6.45) is -2.03. The predicted molar refractivity (Wildman–Crippen MR) is 60.0 cm³/mol. The van der Waals surface area contributed by atoms with Crippen molar-refractivity contribution in [2.24, 2.45) is 17.8 Å². The quantitative estimate of drug-likeness (QED) is 0.603. The summed E-state index contributed by atoms with van der Waals surface area (Å²) in [6, 6.07) is 0. The van der Waals surface area contributed by atoms with Gasteiger partial charge < -0.3 is 0 Å². The molecule has 0 saturated carbocycles. The van der Waals surface area contributed by atoms with E-state index in [4.69, 9.17) is 0 Å². The van der Waals surface area contributed by atoms with Crippen molar-refractivity contribution in [1.82, 2.24) is 0 Å². The fraction of sp³-hybridized carbons (Fsp3) is 0.692. The average Bonchev–Trinajstić information content (AvgIpc) is 2.15. The molecule has 0 saturated heterocycles. The van der Waals surface area contributed by atoms with Gasteiger partial charge in [0.2, 0.25) is 0 Å². The van der Waals surface area contributed by atoms with Gasteiger partial charge in [0.25, 0.3) is 0 Å². The largest absolute Gasteiger partial charge is 0.412 e. The van der Waals surface area contributed by atoms with Crippen molar-refractivity contribution in [2.45, 2.75) is 39.8 Å². The van der Waals surface area contributed by atoms with Crippen molar-refractivity contribution in [2.75, 3.05) is 0 Å². The minimum Gasteiger partial charge on any atom is -0.166 e. The van der Waals surface area contributed by atoms with Crippen LogP contribution >= 0.6 is 0 Å². The molecular formula is C13H19F3. The summed E-state index contributed by atoms with van der Waals surface area (Å²) in [5.74, 6) is 0.397.